The number of aryl methyl sites for hydroxylation is 2. The standard InChI is InChI=1S/C18H21N5O2/c1-12-13(2)20-21-16(12)4-5-18(24)23(3)11-15-10-17(22-25-15)14-6-8-19-9-7-14/h6-10H,4-5,11H2,1-3H3,(H,20,21). The predicted molar refractivity (Wildman–Crippen MR) is 92.6 cm³/mol. The van der Waals surface area contributed by atoms with Gasteiger partial charge in [0.2, 0.25) is 5.91 Å². The van der Waals surface area contributed by atoms with Crippen LogP contribution in [0.3, 0.4) is 0 Å². The van der Waals surface area contributed by atoms with Gasteiger partial charge in [-0.25, -0.2) is 0 Å². The molecule has 0 unspecified atom stereocenters. The van der Waals surface area contributed by atoms with Gasteiger partial charge in [-0.3, -0.25) is 14.9 Å². The van der Waals surface area contributed by atoms with Crippen LogP contribution in [0.25, 0.3) is 11.3 Å². The van der Waals surface area contributed by atoms with E-state index in [-0.39, 0.29) is 5.91 Å². The number of nitrogens with one attached hydrogen (secondary N) is 1. The molecule has 0 spiro atoms. The summed E-state index contributed by atoms with van der Waals surface area (Å²) in [7, 11) is 1.76. The minimum absolute atomic E-state index is 0.0434. The van der Waals surface area contributed by atoms with Crippen molar-refractivity contribution in [3.8, 4) is 11.3 Å². The van der Waals surface area contributed by atoms with Crippen molar-refractivity contribution in [3.63, 3.8) is 0 Å². The predicted octanol–water partition coefficient (Wildman–Crippen LogP) is 2.67. The Morgan fingerprint density at radius 3 is 2.72 bits per heavy atom. The van der Waals surface area contributed by atoms with Crippen LogP contribution < -0.4 is 0 Å². The molecule has 3 aromatic heterocycles. The minimum atomic E-state index is 0.0434. The Bertz CT molecular complexity index is 853. The first kappa shape index (κ1) is 16.9. The van der Waals surface area contributed by atoms with Crippen molar-refractivity contribution in [2.75, 3.05) is 7.05 Å². The molecule has 1 N–H and O–H groups in total. The zero-order valence-corrected chi connectivity index (χ0v) is 14.6. The highest BCUT2D eigenvalue weighted by Crippen LogP contribution is 2.19. The van der Waals surface area contributed by atoms with Gasteiger partial charge >= 0.3 is 0 Å². The Morgan fingerprint density at radius 2 is 2.04 bits per heavy atom. The third-order valence-corrected chi connectivity index (χ3v) is 4.28. The number of nitrogens with zero attached hydrogens (tertiary/aromatic N) is 4. The number of aromatic amines is 1. The van der Waals surface area contributed by atoms with E-state index in [1.54, 1.807) is 24.3 Å². The van der Waals surface area contributed by atoms with E-state index in [2.05, 4.69) is 20.3 Å². The van der Waals surface area contributed by atoms with Crippen LogP contribution in [0.5, 0.6) is 0 Å². The van der Waals surface area contributed by atoms with Crippen molar-refractivity contribution < 1.29 is 9.32 Å². The number of aromatic nitrogens is 4. The second-order valence-corrected chi connectivity index (χ2v) is 6.08. The molecule has 0 saturated heterocycles. The van der Waals surface area contributed by atoms with E-state index in [4.69, 9.17) is 4.52 Å². The van der Waals surface area contributed by atoms with E-state index in [1.807, 2.05) is 32.0 Å². The molecule has 0 aliphatic carbocycles. The molecule has 130 valence electrons. The maximum absolute atomic E-state index is 12.3. The lowest BCUT2D eigenvalue weighted by Crippen LogP contribution is -2.26. The zero-order chi connectivity index (χ0) is 17.8. The minimum Gasteiger partial charge on any atom is -0.359 e. The van der Waals surface area contributed by atoms with Crippen LogP contribution in [-0.4, -0.2) is 38.2 Å². The number of carbonyl (C=O) groups is 1. The number of hydrogen-bond donors (Lipinski definition) is 1. The van der Waals surface area contributed by atoms with Crippen molar-refractivity contribution in [1.82, 2.24) is 25.2 Å². The molecule has 0 saturated carbocycles. The molecule has 7 heteroatoms. The zero-order valence-electron chi connectivity index (χ0n) is 14.6. The molecule has 1 amide bonds. The summed E-state index contributed by atoms with van der Waals surface area (Å²) >= 11 is 0. The van der Waals surface area contributed by atoms with Crippen LogP contribution in [0.4, 0.5) is 0 Å². The summed E-state index contributed by atoms with van der Waals surface area (Å²) in [6.07, 6.45) is 4.45. The third kappa shape index (κ3) is 3.93. The lowest BCUT2D eigenvalue weighted by Gasteiger charge is -2.14. The molecule has 3 rings (SSSR count). The van der Waals surface area contributed by atoms with Gasteiger partial charge in [-0.2, -0.15) is 5.10 Å². The molecule has 0 fully saturated rings. The average Bonchev–Trinajstić information content (AvgIpc) is 3.21. The largest absolute Gasteiger partial charge is 0.359 e. The van der Waals surface area contributed by atoms with Crippen LogP contribution in [-0.2, 0) is 17.8 Å². The summed E-state index contributed by atoms with van der Waals surface area (Å²) in [6.45, 7) is 4.37. The monoisotopic (exact) mass is 339 g/mol. The maximum Gasteiger partial charge on any atom is 0.223 e. The van der Waals surface area contributed by atoms with Gasteiger partial charge in [0.25, 0.3) is 0 Å². The highest BCUT2D eigenvalue weighted by Gasteiger charge is 2.15. The quantitative estimate of drug-likeness (QED) is 0.746. The Hall–Kier alpha value is -2.96. The smallest absolute Gasteiger partial charge is 0.223 e. The van der Waals surface area contributed by atoms with Gasteiger partial charge in [-0.05, 0) is 31.5 Å². The molecule has 0 atom stereocenters. The number of pyridine rings is 1. The van der Waals surface area contributed by atoms with Gasteiger partial charge in [0.05, 0.1) is 12.2 Å². The van der Waals surface area contributed by atoms with Gasteiger partial charge in [-0.15, -0.1) is 0 Å². The lowest BCUT2D eigenvalue weighted by atomic mass is 10.1. The van der Waals surface area contributed by atoms with Gasteiger partial charge in [-0.1, -0.05) is 5.16 Å². The molecule has 0 radical (unpaired) electrons. The second-order valence-electron chi connectivity index (χ2n) is 6.08. The number of rotatable bonds is 6. The van der Waals surface area contributed by atoms with Crippen molar-refractivity contribution in [1.29, 1.82) is 0 Å². The molecular formula is C18H21N5O2. The van der Waals surface area contributed by atoms with E-state index < -0.39 is 0 Å². The van der Waals surface area contributed by atoms with E-state index in [1.165, 1.54) is 0 Å². The van der Waals surface area contributed by atoms with Crippen LogP contribution in [0.1, 0.15) is 29.1 Å². The number of amides is 1. The van der Waals surface area contributed by atoms with Gasteiger partial charge in [0.1, 0.15) is 5.69 Å². The molecule has 7 nitrogen and oxygen atoms in total. The molecular weight excluding hydrogens is 318 g/mol. The van der Waals surface area contributed by atoms with Gasteiger partial charge < -0.3 is 9.42 Å². The van der Waals surface area contributed by atoms with Crippen LogP contribution >= 0.6 is 0 Å². The molecule has 0 aliphatic heterocycles. The Morgan fingerprint density at radius 1 is 1.28 bits per heavy atom. The van der Waals surface area contributed by atoms with Crippen molar-refractivity contribution >= 4 is 5.91 Å². The van der Waals surface area contributed by atoms with Crippen LogP contribution in [0.15, 0.2) is 35.1 Å². The number of H-pyrrole nitrogens is 1. The highest BCUT2D eigenvalue weighted by molar-refractivity contribution is 5.76. The van der Waals surface area contributed by atoms with Crippen molar-refractivity contribution in [3.05, 3.63) is 53.3 Å². The van der Waals surface area contributed by atoms with Crippen LogP contribution in [0, 0.1) is 13.8 Å². The first-order valence-corrected chi connectivity index (χ1v) is 8.15. The van der Waals surface area contributed by atoms with Crippen molar-refractivity contribution in [2.24, 2.45) is 0 Å². The van der Waals surface area contributed by atoms with E-state index in [0.29, 0.717) is 25.1 Å². The Balaban J connectivity index is 1.56. The summed E-state index contributed by atoms with van der Waals surface area (Å²) in [6, 6.07) is 5.58. The number of carbonyl (C=O) groups excluding carboxylic acids is 1. The SMILES string of the molecule is Cc1[nH]nc(CCC(=O)N(C)Cc2cc(-c3ccncc3)no2)c1C. The lowest BCUT2D eigenvalue weighted by molar-refractivity contribution is -0.130. The molecule has 0 aromatic carbocycles. The van der Waals surface area contributed by atoms with Gasteiger partial charge in [0.15, 0.2) is 5.76 Å². The fourth-order valence-corrected chi connectivity index (χ4v) is 2.56. The average molecular weight is 339 g/mol. The highest BCUT2D eigenvalue weighted by atomic mass is 16.5. The van der Waals surface area contributed by atoms with E-state index >= 15 is 0 Å². The second kappa shape index (κ2) is 7.29. The molecule has 0 bridgehead atoms. The first-order chi connectivity index (χ1) is 12.0. The summed E-state index contributed by atoms with van der Waals surface area (Å²) in [4.78, 5) is 18.0. The Labute approximate surface area is 146 Å². The normalized spacial score (nSPS) is 10.8. The Kier molecular flexibility index (Phi) is 4.92. The van der Waals surface area contributed by atoms with E-state index in [0.717, 1.165) is 28.2 Å². The van der Waals surface area contributed by atoms with Crippen molar-refractivity contribution in [2.45, 2.75) is 33.2 Å². The molecule has 3 heterocycles. The number of hydrogen-bond acceptors (Lipinski definition) is 5. The molecule has 25 heavy (non-hydrogen) atoms. The summed E-state index contributed by atoms with van der Waals surface area (Å²) in [5.41, 5.74) is 4.77. The maximum atomic E-state index is 12.3. The molecule has 3 aromatic rings. The topological polar surface area (TPSA) is 87.9 Å². The summed E-state index contributed by atoms with van der Waals surface area (Å²) in [5.74, 6) is 0.691. The third-order valence-electron chi connectivity index (χ3n) is 4.28. The fraction of sp³-hybridized carbons (Fsp3) is 0.333. The fourth-order valence-electron chi connectivity index (χ4n) is 2.56. The summed E-state index contributed by atoms with van der Waals surface area (Å²) in [5, 5.41) is 11.2. The van der Waals surface area contributed by atoms with E-state index in [9.17, 15) is 4.79 Å². The molecule has 0 aliphatic rings. The first-order valence-electron chi connectivity index (χ1n) is 8.15. The summed E-state index contributed by atoms with van der Waals surface area (Å²) < 4.78 is 5.34. The van der Waals surface area contributed by atoms with Crippen LogP contribution in [0.2, 0.25) is 0 Å². The van der Waals surface area contributed by atoms with Gasteiger partial charge in [0, 0.05) is 49.6 Å².